The molecule has 0 saturated heterocycles. The van der Waals surface area contributed by atoms with E-state index >= 15 is 0 Å². The number of nitrogens with zero attached hydrogens (tertiary/aromatic N) is 2. The first-order valence-electron chi connectivity index (χ1n) is 7.64. The van der Waals surface area contributed by atoms with Gasteiger partial charge in [-0.05, 0) is 30.3 Å². The highest BCUT2D eigenvalue weighted by atomic mass is 32.1. The zero-order valence-corrected chi connectivity index (χ0v) is 13.9. The molecular weight excluding hydrogens is 336 g/mol. The van der Waals surface area contributed by atoms with Crippen molar-refractivity contribution in [2.45, 2.75) is 6.61 Å². The molecule has 25 heavy (non-hydrogen) atoms. The lowest BCUT2D eigenvalue weighted by Gasteiger charge is -2.07. The molecule has 6 nitrogen and oxygen atoms in total. The number of thiazole rings is 1. The van der Waals surface area contributed by atoms with Crippen LogP contribution < -0.4 is 10.1 Å². The fourth-order valence-electron chi connectivity index (χ4n) is 2.38. The highest BCUT2D eigenvalue weighted by Gasteiger charge is 2.10. The molecule has 0 fully saturated rings. The van der Waals surface area contributed by atoms with E-state index in [-0.39, 0.29) is 5.91 Å². The van der Waals surface area contributed by atoms with E-state index in [1.54, 1.807) is 23.7 Å². The lowest BCUT2D eigenvalue weighted by atomic mass is 10.2. The molecule has 0 aliphatic rings. The number of benzene rings is 2. The van der Waals surface area contributed by atoms with Crippen LogP contribution in [-0.4, -0.2) is 20.9 Å². The second-order valence-corrected chi connectivity index (χ2v) is 6.07. The van der Waals surface area contributed by atoms with Gasteiger partial charge in [0.15, 0.2) is 0 Å². The molecule has 7 heteroatoms. The molecule has 0 aliphatic heterocycles. The molecule has 0 saturated carbocycles. The largest absolute Gasteiger partial charge is 0.487 e. The number of imidazole rings is 1. The Kier molecular flexibility index (Phi) is 4.14. The summed E-state index contributed by atoms with van der Waals surface area (Å²) in [5.74, 6) is 0.781. The van der Waals surface area contributed by atoms with E-state index in [9.17, 15) is 4.79 Å². The Balaban J connectivity index is 1.46. The van der Waals surface area contributed by atoms with Crippen molar-refractivity contribution in [2.75, 3.05) is 5.32 Å². The van der Waals surface area contributed by atoms with Crippen LogP contribution in [0.2, 0.25) is 0 Å². The van der Waals surface area contributed by atoms with Crippen LogP contribution in [0.4, 0.5) is 5.95 Å². The monoisotopic (exact) mass is 350 g/mol. The summed E-state index contributed by atoms with van der Waals surface area (Å²) in [7, 11) is 0. The lowest BCUT2D eigenvalue weighted by Crippen LogP contribution is -2.13. The molecule has 2 aromatic carbocycles. The number of amides is 1. The number of hydrogen-bond acceptors (Lipinski definition) is 5. The van der Waals surface area contributed by atoms with Crippen molar-refractivity contribution >= 4 is 34.2 Å². The number of carbonyl (C=O) groups is 1. The number of nitrogens with one attached hydrogen (secondary N) is 2. The van der Waals surface area contributed by atoms with Gasteiger partial charge in [0.2, 0.25) is 5.95 Å². The number of H-pyrrole nitrogens is 1. The van der Waals surface area contributed by atoms with Crippen molar-refractivity contribution in [1.29, 1.82) is 0 Å². The Hall–Kier alpha value is -3.19. The molecule has 0 spiro atoms. The van der Waals surface area contributed by atoms with E-state index in [4.69, 9.17) is 4.74 Å². The fraction of sp³-hybridized carbons (Fsp3) is 0.0556. The predicted octanol–water partition coefficient (Wildman–Crippen LogP) is 3.85. The maximum Gasteiger partial charge on any atom is 0.258 e. The summed E-state index contributed by atoms with van der Waals surface area (Å²) in [5, 5.41) is 4.70. The minimum atomic E-state index is -0.252. The standard InChI is InChI=1S/C18H14N4O2S/c23-17(22-18-20-15-6-1-2-7-16(15)21-18)12-4-3-5-14(8-12)24-9-13-10-25-11-19-13/h1-8,10-11H,9H2,(H2,20,21,22,23). The van der Waals surface area contributed by atoms with Crippen LogP contribution in [0, 0.1) is 0 Å². The summed E-state index contributed by atoms with van der Waals surface area (Å²) in [6, 6.07) is 14.6. The third-order valence-corrected chi connectivity index (χ3v) is 4.22. The number of fused-ring (bicyclic) bond motifs is 1. The summed E-state index contributed by atoms with van der Waals surface area (Å²) in [6.07, 6.45) is 0. The van der Waals surface area contributed by atoms with Crippen molar-refractivity contribution in [1.82, 2.24) is 15.0 Å². The topological polar surface area (TPSA) is 79.9 Å². The molecule has 4 rings (SSSR count). The Morgan fingerprint density at radius 1 is 1.20 bits per heavy atom. The van der Waals surface area contributed by atoms with E-state index in [1.807, 2.05) is 35.7 Å². The van der Waals surface area contributed by atoms with Gasteiger partial charge in [0.1, 0.15) is 12.4 Å². The van der Waals surface area contributed by atoms with Gasteiger partial charge < -0.3 is 9.72 Å². The van der Waals surface area contributed by atoms with E-state index in [2.05, 4.69) is 20.3 Å². The minimum Gasteiger partial charge on any atom is -0.487 e. The van der Waals surface area contributed by atoms with Crippen molar-refractivity contribution in [3.8, 4) is 5.75 Å². The van der Waals surface area contributed by atoms with Crippen molar-refractivity contribution in [2.24, 2.45) is 0 Å². The Morgan fingerprint density at radius 3 is 2.96 bits per heavy atom. The van der Waals surface area contributed by atoms with Crippen molar-refractivity contribution < 1.29 is 9.53 Å². The number of anilines is 1. The highest BCUT2D eigenvalue weighted by Crippen LogP contribution is 2.18. The summed E-state index contributed by atoms with van der Waals surface area (Å²) in [6.45, 7) is 0.373. The third kappa shape index (κ3) is 3.51. The van der Waals surface area contributed by atoms with Gasteiger partial charge in [0, 0.05) is 10.9 Å². The number of rotatable bonds is 5. The molecule has 0 radical (unpaired) electrons. The molecule has 124 valence electrons. The fourth-order valence-corrected chi connectivity index (χ4v) is 2.93. The van der Waals surface area contributed by atoms with E-state index in [0.717, 1.165) is 16.7 Å². The second kappa shape index (κ2) is 6.74. The Morgan fingerprint density at radius 2 is 2.12 bits per heavy atom. The van der Waals surface area contributed by atoms with E-state index < -0.39 is 0 Å². The number of hydrogen-bond donors (Lipinski definition) is 2. The molecule has 2 aromatic heterocycles. The van der Waals surface area contributed by atoms with Gasteiger partial charge in [0.25, 0.3) is 5.91 Å². The molecule has 1 amide bonds. The number of aromatic amines is 1. The Bertz CT molecular complexity index is 978. The predicted molar refractivity (Wildman–Crippen MR) is 96.9 cm³/mol. The average molecular weight is 350 g/mol. The van der Waals surface area contributed by atoms with Crippen LogP contribution in [0.25, 0.3) is 11.0 Å². The molecule has 0 unspecified atom stereocenters. The molecule has 0 bridgehead atoms. The third-order valence-electron chi connectivity index (χ3n) is 3.59. The van der Waals surface area contributed by atoms with Gasteiger partial charge in [0.05, 0.1) is 22.2 Å². The maximum atomic E-state index is 12.4. The number of para-hydroxylation sites is 2. The van der Waals surface area contributed by atoms with Gasteiger partial charge >= 0.3 is 0 Å². The van der Waals surface area contributed by atoms with Gasteiger partial charge in [-0.1, -0.05) is 18.2 Å². The summed E-state index contributed by atoms with van der Waals surface area (Å²) in [4.78, 5) is 24.0. The molecule has 2 heterocycles. The van der Waals surface area contributed by atoms with Crippen LogP contribution in [0.5, 0.6) is 5.75 Å². The average Bonchev–Trinajstić information content (AvgIpc) is 3.29. The maximum absolute atomic E-state index is 12.4. The first kappa shape index (κ1) is 15.3. The van der Waals surface area contributed by atoms with Crippen LogP contribution >= 0.6 is 11.3 Å². The minimum absolute atomic E-state index is 0.252. The van der Waals surface area contributed by atoms with Crippen LogP contribution in [0.1, 0.15) is 16.1 Å². The smallest absolute Gasteiger partial charge is 0.258 e. The van der Waals surface area contributed by atoms with Crippen LogP contribution in [0.15, 0.2) is 59.4 Å². The molecule has 2 N–H and O–H groups in total. The summed E-state index contributed by atoms with van der Waals surface area (Å²) in [5.41, 5.74) is 4.80. The van der Waals surface area contributed by atoms with Crippen LogP contribution in [-0.2, 0) is 6.61 Å². The molecule has 4 aromatic rings. The second-order valence-electron chi connectivity index (χ2n) is 5.35. The summed E-state index contributed by atoms with van der Waals surface area (Å²) >= 11 is 1.52. The molecular formula is C18H14N4O2S. The number of carbonyl (C=O) groups excluding carboxylic acids is 1. The van der Waals surface area contributed by atoms with Gasteiger partial charge in [-0.25, -0.2) is 9.97 Å². The molecule has 0 atom stereocenters. The van der Waals surface area contributed by atoms with E-state index in [1.165, 1.54) is 11.3 Å². The van der Waals surface area contributed by atoms with Gasteiger partial charge in [-0.2, -0.15) is 0 Å². The first-order chi connectivity index (χ1) is 12.3. The summed E-state index contributed by atoms with van der Waals surface area (Å²) < 4.78 is 5.68. The zero-order chi connectivity index (χ0) is 17.1. The number of aromatic nitrogens is 3. The quantitative estimate of drug-likeness (QED) is 0.573. The van der Waals surface area contributed by atoms with Gasteiger partial charge in [-0.15, -0.1) is 11.3 Å². The van der Waals surface area contributed by atoms with Crippen molar-refractivity contribution in [3.63, 3.8) is 0 Å². The normalized spacial score (nSPS) is 10.7. The lowest BCUT2D eigenvalue weighted by molar-refractivity contribution is 0.102. The zero-order valence-electron chi connectivity index (χ0n) is 13.1. The van der Waals surface area contributed by atoms with Crippen molar-refractivity contribution in [3.05, 3.63) is 70.7 Å². The molecule has 0 aliphatic carbocycles. The highest BCUT2D eigenvalue weighted by molar-refractivity contribution is 7.07. The van der Waals surface area contributed by atoms with E-state index in [0.29, 0.717) is 23.9 Å². The van der Waals surface area contributed by atoms with Gasteiger partial charge in [-0.3, -0.25) is 10.1 Å². The first-order valence-corrected chi connectivity index (χ1v) is 8.58. The SMILES string of the molecule is O=C(Nc1nc2ccccc2[nH]1)c1cccc(OCc2cscn2)c1. The van der Waals surface area contributed by atoms with Crippen LogP contribution in [0.3, 0.4) is 0 Å². The number of ether oxygens (including phenoxy) is 1. The Labute approximate surface area is 147 Å².